The molecule has 0 aliphatic carbocycles. The van der Waals surface area contributed by atoms with Gasteiger partial charge in [0, 0.05) is 19.0 Å². The third-order valence-corrected chi connectivity index (χ3v) is 4.14. The van der Waals surface area contributed by atoms with Crippen LogP contribution in [0.1, 0.15) is 23.5 Å². The number of aliphatic hydroxyl groups excluding tert-OH is 1. The molecule has 2 heteroatoms. The average Bonchev–Trinajstić information content (AvgIpc) is 2.49. The molecule has 104 valence electrons. The molecule has 20 heavy (non-hydrogen) atoms. The van der Waals surface area contributed by atoms with Gasteiger partial charge >= 0.3 is 0 Å². The number of β-amino-alcohol motifs (C(OH)–C–C–N with tert-alkyl or cyclic N) is 1. The van der Waals surface area contributed by atoms with Crippen LogP contribution in [-0.4, -0.2) is 29.2 Å². The van der Waals surface area contributed by atoms with Crippen LogP contribution in [0, 0.1) is 0 Å². The first-order valence-electron chi connectivity index (χ1n) is 7.32. The first kappa shape index (κ1) is 13.3. The zero-order valence-electron chi connectivity index (χ0n) is 11.7. The molecule has 1 aliphatic heterocycles. The van der Waals surface area contributed by atoms with Crippen molar-refractivity contribution < 1.29 is 5.11 Å². The molecule has 2 aromatic rings. The van der Waals surface area contributed by atoms with Crippen LogP contribution in [0.3, 0.4) is 0 Å². The number of aliphatic hydroxyl groups is 1. The number of hydrogen-bond donors (Lipinski definition) is 1. The summed E-state index contributed by atoms with van der Waals surface area (Å²) in [6, 6.07) is 20.9. The molecule has 0 radical (unpaired) electrons. The fourth-order valence-corrected chi connectivity index (χ4v) is 3.07. The minimum Gasteiger partial charge on any atom is -0.391 e. The van der Waals surface area contributed by atoms with E-state index in [4.69, 9.17) is 0 Å². The quantitative estimate of drug-likeness (QED) is 0.924. The predicted octanol–water partition coefficient (Wildman–Crippen LogP) is 3.04. The summed E-state index contributed by atoms with van der Waals surface area (Å²) in [5.74, 6) is 0.281. The molecular formula is C18H21NO. The maximum atomic E-state index is 10.4. The van der Waals surface area contributed by atoms with Gasteiger partial charge in [-0.1, -0.05) is 60.7 Å². The molecule has 1 aliphatic rings. The molecule has 3 rings (SSSR count). The molecule has 0 saturated carbocycles. The van der Waals surface area contributed by atoms with Gasteiger partial charge in [-0.15, -0.1) is 0 Å². The number of rotatable bonds is 3. The molecule has 2 aromatic carbocycles. The Morgan fingerprint density at radius 1 is 0.950 bits per heavy atom. The van der Waals surface area contributed by atoms with Crippen LogP contribution in [0.2, 0.25) is 0 Å². The summed E-state index contributed by atoms with van der Waals surface area (Å²) in [6.45, 7) is 2.74. The van der Waals surface area contributed by atoms with Gasteiger partial charge in [-0.25, -0.2) is 0 Å². The Hall–Kier alpha value is -1.64. The SMILES string of the molecule is OC1CN(Cc2ccccc2)CCC1c1ccccc1. The van der Waals surface area contributed by atoms with Gasteiger partial charge in [0.15, 0.2) is 0 Å². The zero-order chi connectivity index (χ0) is 13.8. The van der Waals surface area contributed by atoms with E-state index in [0.29, 0.717) is 0 Å². The summed E-state index contributed by atoms with van der Waals surface area (Å²) >= 11 is 0. The Kier molecular flexibility index (Phi) is 4.14. The minimum absolute atomic E-state index is 0.269. The van der Waals surface area contributed by atoms with Crippen LogP contribution in [0.15, 0.2) is 60.7 Å². The van der Waals surface area contributed by atoms with Crippen molar-refractivity contribution in [3.63, 3.8) is 0 Å². The second kappa shape index (κ2) is 6.21. The lowest BCUT2D eigenvalue weighted by Gasteiger charge is -2.36. The van der Waals surface area contributed by atoms with Gasteiger partial charge in [0.1, 0.15) is 0 Å². The zero-order valence-corrected chi connectivity index (χ0v) is 11.7. The normalized spacial score (nSPS) is 23.6. The molecule has 0 bridgehead atoms. The third-order valence-electron chi connectivity index (χ3n) is 4.14. The lowest BCUT2D eigenvalue weighted by atomic mass is 9.87. The summed E-state index contributed by atoms with van der Waals surface area (Å²) < 4.78 is 0. The highest BCUT2D eigenvalue weighted by atomic mass is 16.3. The Labute approximate surface area is 120 Å². The molecule has 1 N–H and O–H groups in total. The molecule has 1 fully saturated rings. The van der Waals surface area contributed by atoms with E-state index in [1.54, 1.807) is 0 Å². The number of likely N-dealkylation sites (tertiary alicyclic amines) is 1. The largest absolute Gasteiger partial charge is 0.391 e. The highest BCUT2D eigenvalue weighted by Gasteiger charge is 2.28. The monoisotopic (exact) mass is 267 g/mol. The van der Waals surface area contributed by atoms with E-state index >= 15 is 0 Å². The van der Waals surface area contributed by atoms with E-state index in [1.807, 2.05) is 12.1 Å². The highest BCUT2D eigenvalue weighted by molar-refractivity contribution is 5.22. The molecule has 2 atom stereocenters. The van der Waals surface area contributed by atoms with Gasteiger partial charge in [0.25, 0.3) is 0 Å². The van der Waals surface area contributed by atoms with Gasteiger partial charge in [0.2, 0.25) is 0 Å². The van der Waals surface area contributed by atoms with Crippen molar-refractivity contribution in [1.29, 1.82) is 0 Å². The van der Waals surface area contributed by atoms with E-state index in [2.05, 4.69) is 53.4 Å². The molecule has 0 spiro atoms. The van der Waals surface area contributed by atoms with E-state index < -0.39 is 0 Å². The third kappa shape index (κ3) is 3.09. The lowest BCUT2D eigenvalue weighted by Crippen LogP contribution is -2.42. The average molecular weight is 267 g/mol. The number of nitrogens with zero attached hydrogens (tertiary/aromatic N) is 1. The van der Waals surface area contributed by atoms with Crippen LogP contribution in [-0.2, 0) is 6.54 Å². The first-order valence-corrected chi connectivity index (χ1v) is 7.32. The number of hydrogen-bond acceptors (Lipinski definition) is 2. The summed E-state index contributed by atoms with van der Waals surface area (Å²) in [4.78, 5) is 2.35. The topological polar surface area (TPSA) is 23.5 Å². The van der Waals surface area contributed by atoms with E-state index in [9.17, 15) is 5.11 Å². The lowest BCUT2D eigenvalue weighted by molar-refractivity contribution is 0.0477. The van der Waals surface area contributed by atoms with Crippen LogP contribution in [0.4, 0.5) is 0 Å². The highest BCUT2D eigenvalue weighted by Crippen LogP contribution is 2.28. The maximum absolute atomic E-state index is 10.4. The van der Waals surface area contributed by atoms with Gasteiger partial charge < -0.3 is 5.11 Å². The number of piperidine rings is 1. The fourth-order valence-electron chi connectivity index (χ4n) is 3.07. The first-order chi connectivity index (χ1) is 9.83. The summed E-state index contributed by atoms with van der Waals surface area (Å²) in [5, 5.41) is 10.4. The molecule has 2 unspecified atom stereocenters. The van der Waals surface area contributed by atoms with Gasteiger partial charge in [-0.2, -0.15) is 0 Å². The Bertz CT molecular complexity index is 526. The van der Waals surface area contributed by atoms with Crippen LogP contribution >= 0.6 is 0 Å². The molecule has 1 heterocycles. The van der Waals surface area contributed by atoms with Gasteiger partial charge in [-0.3, -0.25) is 4.90 Å². The van der Waals surface area contributed by atoms with Crippen molar-refractivity contribution in [2.24, 2.45) is 0 Å². The van der Waals surface area contributed by atoms with E-state index in [-0.39, 0.29) is 12.0 Å². The van der Waals surface area contributed by atoms with Crippen molar-refractivity contribution in [2.75, 3.05) is 13.1 Å². The van der Waals surface area contributed by atoms with Crippen LogP contribution < -0.4 is 0 Å². The van der Waals surface area contributed by atoms with Crippen molar-refractivity contribution in [1.82, 2.24) is 4.90 Å². The number of benzene rings is 2. The van der Waals surface area contributed by atoms with E-state index in [0.717, 1.165) is 26.1 Å². The van der Waals surface area contributed by atoms with Crippen molar-refractivity contribution >= 4 is 0 Å². The molecule has 0 aromatic heterocycles. The second-order valence-corrected chi connectivity index (χ2v) is 5.59. The summed E-state index contributed by atoms with van der Waals surface area (Å²) in [5.41, 5.74) is 2.58. The van der Waals surface area contributed by atoms with Crippen LogP contribution in [0.25, 0.3) is 0 Å². The van der Waals surface area contributed by atoms with Crippen LogP contribution in [0.5, 0.6) is 0 Å². The minimum atomic E-state index is -0.269. The Morgan fingerprint density at radius 2 is 1.60 bits per heavy atom. The smallest absolute Gasteiger partial charge is 0.0736 e. The summed E-state index contributed by atoms with van der Waals surface area (Å²) in [7, 11) is 0. The van der Waals surface area contributed by atoms with E-state index in [1.165, 1.54) is 11.1 Å². The van der Waals surface area contributed by atoms with Crippen molar-refractivity contribution in [3.05, 3.63) is 71.8 Å². The van der Waals surface area contributed by atoms with Crippen molar-refractivity contribution in [3.8, 4) is 0 Å². The van der Waals surface area contributed by atoms with Gasteiger partial charge in [0.05, 0.1) is 6.10 Å². The maximum Gasteiger partial charge on any atom is 0.0736 e. The standard InChI is InChI=1S/C18H21NO/c20-18-14-19(13-15-7-3-1-4-8-15)12-11-17(18)16-9-5-2-6-10-16/h1-10,17-18,20H,11-14H2. The molecular weight excluding hydrogens is 246 g/mol. The second-order valence-electron chi connectivity index (χ2n) is 5.59. The Balaban J connectivity index is 1.62. The fraction of sp³-hybridized carbons (Fsp3) is 0.333. The molecule has 1 saturated heterocycles. The van der Waals surface area contributed by atoms with Gasteiger partial charge in [-0.05, 0) is 24.1 Å². The molecule has 2 nitrogen and oxygen atoms in total. The van der Waals surface area contributed by atoms with Crippen molar-refractivity contribution in [2.45, 2.75) is 25.0 Å². The Morgan fingerprint density at radius 3 is 2.25 bits per heavy atom. The predicted molar refractivity (Wildman–Crippen MR) is 81.5 cm³/mol. The molecule has 0 amide bonds. The summed E-state index contributed by atoms with van der Waals surface area (Å²) in [6.07, 6.45) is 0.757.